The molecule has 4 rings (SSSR count). The van der Waals surface area contributed by atoms with Crippen molar-refractivity contribution >= 4 is 43.9 Å². The molecule has 3 aromatic rings. The van der Waals surface area contributed by atoms with Crippen LogP contribution in [0.25, 0.3) is 0 Å². The Hall–Kier alpha value is -3.17. The molecular formula is C27H30N2O5S2. The molecule has 0 fully saturated rings. The van der Waals surface area contributed by atoms with Gasteiger partial charge in [0.2, 0.25) is 10.0 Å². The number of benzene rings is 2. The van der Waals surface area contributed by atoms with Gasteiger partial charge >= 0.3 is 5.97 Å². The topological polar surface area (TPSA) is 92.8 Å². The zero-order chi connectivity index (χ0) is 25.9. The van der Waals surface area contributed by atoms with Crippen LogP contribution < -0.4 is 9.62 Å². The van der Waals surface area contributed by atoms with Crippen LogP contribution in [-0.2, 0) is 34.1 Å². The number of thiophene rings is 1. The first-order valence-corrected chi connectivity index (χ1v) is 14.6. The quantitative estimate of drug-likeness (QED) is 0.401. The number of sulfonamides is 1. The van der Waals surface area contributed by atoms with Gasteiger partial charge in [-0.2, -0.15) is 0 Å². The molecule has 9 heteroatoms. The van der Waals surface area contributed by atoms with Crippen molar-refractivity contribution in [1.29, 1.82) is 0 Å². The molecule has 36 heavy (non-hydrogen) atoms. The van der Waals surface area contributed by atoms with E-state index in [1.807, 2.05) is 31.2 Å². The van der Waals surface area contributed by atoms with E-state index in [-0.39, 0.29) is 19.1 Å². The van der Waals surface area contributed by atoms with Crippen LogP contribution in [-0.4, -0.2) is 33.2 Å². The van der Waals surface area contributed by atoms with E-state index in [1.54, 1.807) is 31.2 Å². The summed E-state index contributed by atoms with van der Waals surface area (Å²) in [6.07, 6.45) is 4.92. The number of nitrogens with one attached hydrogen (secondary N) is 1. The van der Waals surface area contributed by atoms with Gasteiger partial charge in [-0.15, -0.1) is 11.3 Å². The molecule has 0 saturated heterocycles. The Balaban J connectivity index is 1.58. The largest absolute Gasteiger partial charge is 0.462 e. The molecule has 0 saturated carbocycles. The van der Waals surface area contributed by atoms with Gasteiger partial charge in [0.1, 0.15) is 5.00 Å². The Morgan fingerprint density at radius 2 is 1.75 bits per heavy atom. The lowest BCUT2D eigenvalue weighted by atomic mass is 9.95. The van der Waals surface area contributed by atoms with Gasteiger partial charge in [-0.1, -0.05) is 24.3 Å². The fraction of sp³-hybridized carbons (Fsp3) is 0.333. The normalized spacial score (nSPS) is 13.1. The van der Waals surface area contributed by atoms with Crippen LogP contribution in [0.5, 0.6) is 0 Å². The van der Waals surface area contributed by atoms with Crippen molar-refractivity contribution in [3.8, 4) is 0 Å². The molecule has 1 aliphatic carbocycles. The highest BCUT2D eigenvalue weighted by atomic mass is 32.2. The van der Waals surface area contributed by atoms with Crippen molar-refractivity contribution in [2.75, 3.05) is 22.5 Å². The van der Waals surface area contributed by atoms with Crippen LogP contribution in [0.1, 0.15) is 62.0 Å². The second-order valence-corrected chi connectivity index (χ2v) is 11.8. The number of rotatable bonds is 8. The van der Waals surface area contributed by atoms with Crippen molar-refractivity contribution in [3.63, 3.8) is 0 Å². The van der Waals surface area contributed by atoms with Gasteiger partial charge in [0, 0.05) is 10.4 Å². The van der Waals surface area contributed by atoms with E-state index in [4.69, 9.17) is 4.74 Å². The first kappa shape index (κ1) is 25.9. The Labute approximate surface area is 216 Å². The number of aryl methyl sites for hydroxylation is 2. The SMILES string of the molecule is CCOC(=O)c1c(NC(=O)c2ccc(N(Cc3ccccc3C)S(C)(=O)=O)cc2)sc2c1CCCC2. The van der Waals surface area contributed by atoms with Crippen molar-refractivity contribution < 1.29 is 22.7 Å². The van der Waals surface area contributed by atoms with Crippen molar-refractivity contribution in [2.24, 2.45) is 0 Å². The highest BCUT2D eigenvalue weighted by Gasteiger charge is 2.27. The molecule has 1 heterocycles. The summed E-state index contributed by atoms with van der Waals surface area (Å²) >= 11 is 1.43. The van der Waals surface area contributed by atoms with Crippen LogP contribution in [0.15, 0.2) is 48.5 Å². The number of amides is 1. The molecule has 0 spiro atoms. The number of hydrogen-bond donors (Lipinski definition) is 1. The summed E-state index contributed by atoms with van der Waals surface area (Å²) in [6, 6.07) is 14.1. The third-order valence-corrected chi connectivity index (χ3v) is 8.62. The van der Waals surface area contributed by atoms with Gasteiger partial charge in [-0.05, 0) is 80.5 Å². The summed E-state index contributed by atoms with van der Waals surface area (Å²) < 4.78 is 31.7. The van der Waals surface area contributed by atoms with Crippen molar-refractivity contribution in [1.82, 2.24) is 0 Å². The predicted molar refractivity (Wildman–Crippen MR) is 144 cm³/mol. The fourth-order valence-electron chi connectivity index (χ4n) is 4.37. The van der Waals surface area contributed by atoms with Gasteiger partial charge in [0.25, 0.3) is 5.91 Å². The van der Waals surface area contributed by atoms with E-state index in [9.17, 15) is 18.0 Å². The first-order chi connectivity index (χ1) is 17.2. The van der Waals surface area contributed by atoms with E-state index in [1.165, 1.54) is 21.9 Å². The van der Waals surface area contributed by atoms with E-state index in [0.29, 0.717) is 21.8 Å². The molecule has 0 aliphatic heterocycles. The standard InChI is InChI=1S/C27H30N2O5S2/c1-4-34-27(31)24-22-11-7-8-12-23(22)35-26(24)28-25(30)19-13-15-21(16-14-19)29(36(3,32)33)17-20-10-6-5-9-18(20)2/h5-6,9-10,13-16H,4,7-8,11-12,17H2,1-3H3,(H,28,30). The van der Waals surface area contributed by atoms with E-state index >= 15 is 0 Å². The maximum atomic E-state index is 13.1. The Kier molecular flexibility index (Phi) is 7.80. The highest BCUT2D eigenvalue weighted by molar-refractivity contribution is 7.92. The number of carbonyl (C=O) groups excluding carboxylic acids is 2. The maximum Gasteiger partial charge on any atom is 0.341 e. The lowest BCUT2D eigenvalue weighted by Gasteiger charge is -2.23. The third kappa shape index (κ3) is 5.63. The minimum absolute atomic E-state index is 0.195. The van der Waals surface area contributed by atoms with Gasteiger partial charge in [-0.25, -0.2) is 13.2 Å². The monoisotopic (exact) mass is 526 g/mol. The molecular weight excluding hydrogens is 496 g/mol. The maximum absolute atomic E-state index is 13.1. The van der Waals surface area contributed by atoms with Crippen LogP contribution in [0.3, 0.4) is 0 Å². The molecule has 0 radical (unpaired) electrons. The summed E-state index contributed by atoms with van der Waals surface area (Å²) in [7, 11) is -3.55. The van der Waals surface area contributed by atoms with Gasteiger partial charge < -0.3 is 10.1 Å². The lowest BCUT2D eigenvalue weighted by Crippen LogP contribution is -2.29. The zero-order valence-electron chi connectivity index (χ0n) is 20.7. The number of anilines is 2. The first-order valence-electron chi connectivity index (χ1n) is 11.9. The molecule has 0 bridgehead atoms. The fourth-order valence-corrected chi connectivity index (χ4v) is 6.52. The molecule has 1 aromatic heterocycles. The van der Waals surface area contributed by atoms with Crippen LogP contribution in [0, 0.1) is 6.92 Å². The number of fused-ring (bicyclic) bond motifs is 1. The average molecular weight is 527 g/mol. The molecule has 0 atom stereocenters. The van der Waals surface area contributed by atoms with Gasteiger partial charge in [0.05, 0.1) is 30.7 Å². The summed E-state index contributed by atoms with van der Waals surface area (Å²) in [5, 5.41) is 3.40. The predicted octanol–water partition coefficient (Wildman–Crippen LogP) is 5.33. The highest BCUT2D eigenvalue weighted by Crippen LogP contribution is 2.39. The zero-order valence-corrected chi connectivity index (χ0v) is 22.3. The van der Waals surface area contributed by atoms with Gasteiger partial charge in [0.15, 0.2) is 0 Å². The van der Waals surface area contributed by atoms with Crippen LogP contribution >= 0.6 is 11.3 Å². The van der Waals surface area contributed by atoms with E-state index in [2.05, 4.69) is 5.32 Å². The second-order valence-electron chi connectivity index (χ2n) is 8.83. The molecule has 2 aromatic carbocycles. The number of esters is 1. The molecule has 0 unspecified atom stereocenters. The van der Waals surface area contributed by atoms with E-state index in [0.717, 1.165) is 47.3 Å². The molecule has 190 valence electrons. The minimum Gasteiger partial charge on any atom is -0.462 e. The third-order valence-electron chi connectivity index (χ3n) is 6.27. The number of ether oxygens (including phenoxy) is 1. The summed E-state index contributed by atoms with van der Waals surface area (Å²) in [6.45, 7) is 4.16. The average Bonchev–Trinajstić information content (AvgIpc) is 3.21. The van der Waals surface area contributed by atoms with Crippen molar-refractivity contribution in [2.45, 2.75) is 46.1 Å². The van der Waals surface area contributed by atoms with E-state index < -0.39 is 16.0 Å². The lowest BCUT2D eigenvalue weighted by molar-refractivity contribution is 0.0526. The summed E-state index contributed by atoms with van der Waals surface area (Å²) in [5.41, 5.74) is 4.18. The number of carbonyl (C=O) groups is 2. The summed E-state index contributed by atoms with van der Waals surface area (Å²) in [5.74, 6) is -0.780. The summed E-state index contributed by atoms with van der Waals surface area (Å²) in [4.78, 5) is 26.9. The minimum atomic E-state index is -3.55. The van der Waals surface area contributed by atoms with Crippen molar-refractivity contribution in [3.05, 3.63) is 81.2 Å². The van der Waals surface area contributed by atoms with Crippen LogP contribution in [0.2, 0.25) is 0 Å². The Bertz CT molecular complexity index is 1380. The molecule has 1 amide bonds. The molecule has 7 nitrogen and oxygen atoms in total. The second kappa shape index (κ2) is 10.8. The smallest absolute Gasteiger partial charge is 0.341 e. The molecule has 1 aliphatic rings. The number of hydrogen-bond acceptors (Lipinski definition) is 6. The Morgan fingerprint density at radius 1 is 1.06 bits per heavy atom. The molecule has 1 N–H and O–H groups in total. The Morgan fingerprint density at radius 3 is 2.42 bits per heavy atom. The number of nitrogens with zero attached hydrogens (tertiary/aromatic N) is 1. The van der Waals surface area contributed by atoms with Gasteiger partial charge in [-0.3, -0.25) is 9.10 Å². The van der Waals surface area contributed by atoms with Crippen LogP contribution in [0.4, 0.5) is 10.7 Å².